The Kier molecular flexibility index (Phi) is 6.78. The minimum absolute atomic E-state index is 0.152. The number of carbonyl (C=O) groups is 2. The second kappa shape index (κ2) is 9.05. The van der Waals surface area contributed by atoms with Crippen LogP contribution >= 0.6 is 0 Å². The SMILES string of the molecule is CCOC(=O)CCCCCCNC(=O)c1cc2cc(F)ccc2[nH]1. The first-order valence-electron chi connectivity index (χ1n) is 8.32. The van der Waals surface area contributed by atoms with Gasteiger partial charge in [-0.1, -0.05) is 12.8 Å². The summed E-state index contributed by atoms with van der Waals surface area (Å²) in [6, 6.07) is 6.01. The Morgan fingerprint density at radius 1 is 1.17 bits per heavy atom. The van der Waals surface area contributed by atoms with E-state index in [1.807, 2.05) is 0 Å². The van der Waals surface area contributed by atoms with Crippen LogP contribution in [0.5, 0.6) is 0 Å². The molecule has 0 saturated carbocycles. The van der Waals surface area contributed by atoms with Gasteiger partial charge in [0.15, 0.2) is 0 Å². The number of halogens is 1. The van der Waals surface area contributed by atoms with E-state index in [-0.39, 0.29) is 17.7 Å². The standard InChI is InChI=1S/C18H23FN2O3/c1-2-24-17(22)7-5-3-4-6-10-20-18(23)16-12-13-11-14(19)8-9-15(13)21-16/h8-9,11-12,21H,2-7,10H2,1H3,(H,20,23). The van der Waals surface area contributed by atoms with E-state index in [1.165, 1.54) is 12.1 Å². The molecule has 0 atom stereocenters. The number of ether oxygens (including phenoxy) is 1. The zero-order valence-electron chi connectivity index (χ0n) is 13.9. The largest absolute Gasteiger partial charge is 0.466 e. The maximum Gasteiger partial charge on any atom is 0.305 e. The number of aromatic amines is 1. The molecule has 1 aromatic heterocycles. The number of benzene rings is 1. The molecule has 0 unspecified atom stereocenters. The van der Waals surface area contributed by atoms with Gasteiger partial charge in [-0.15, -0.1) is 0 Å². The van der Waals surface area contributed by atoms with Crippen molar-refractivity contribution in [3.8, 4) is 0 Å². The number of esters is 1. The van der Waals surface area contributed by atoms with Gasteiger partial charge in [0.1, 0.15) is 11.5 Å². The first-order valence-corrected chi connectivity index (χ1v) is 8.32. The van der Waals surface area contributed by atoms with E-state index < -0.39 is 0 Å². The summed E-state index contributed by atoms with van der Waals surface area (Å²) in [6.45, 7) is 2.79. The Morgan fingerprint density at radius 3 is 2.75 bits per heavy atom. The van der Waals surface area contributed by atoms with E-state index in [0.717, 1.165) is 31.2 Å². The van der Waals surface area contributed by atoms with Crippen LogP contribution in [0.25, 0.3) is 10.9 Å². The third-order valence-electron chi connectivity index (χ3n) is 3.73. The summed E-state index contributed by atoms with van der Waals surface area (Å²) in [6.07, 6.45) is 3.98. The molecule has 0 aliphatic carbocycles. The van der Waals surface area contributed by atoms with Crippen molar-refractivity contribution in [2.24, 2.45) is 0 Å². The van der Waals surface area contributed by atoms with Crippen molar-refractivity contribution in [1.82, 2.24) is 10.3 Å². The number of aromatic nitrogens is 1. The molecule has 2 aromatic rings. The van der Waals surface area contributed by atoms with Crippen molar-refractivity contribution in [3.05, 3.63) is 35.8 Å². The summed E-state index contributed by atoms with van der Waals surface area (Å²) in [5, 5.41) is 3.52. The van der Waals surface area contributed by atoms with Gasteiger partial charge in [0.25, 0.3) is 5.91 Å². The van der Waals surface area contributed by atoms with E-state index in [9.17, 15) is 14.0 Å². The maximum atomic E-state index is 13.1. The zero-order chi connectivity index (χ0) is 17.4. The van der Waals surface area contributed by atoms with E-state index in [0.29, 0.717) is 30.7 Å². The van der Waals surface area contributed by atoms with Crippen LogP contribution in [0.15, 0.2) is 24.3 Å². The highest BCUT2D eigenvalue weighted by Crippen LogP contribution is 2.16. The second-order valence-electron chi connectivity index (χ2n) is 5.64. The van der Waals surface area contributed by atoms with Crippen LogP contribution in [-0.4, -0.2) is 30.0 Å². The van der Waals surface area contributed by atoms with Crippen molar-refractivity contribution in [3.63, 3.8) is 0 Å². The summed E-state index contributed by atoms with van der Waals surface area (Å²) in [4.78, 5) is 26.2. The summed E-state index contributed by atoms with van der Waals surface area (Å²) in [5.74, 6) is -0.671. The van der Waals surface area contributed by atoms with Gasteiger partial charge in [-0.25, -0.2) is 4.39 Å². The first-order chi connectivity index (χ1) is 11.6. The van der Waals surface area contributed by atoms with E-state index >= 15 is 0 Å². The molecule has 0 bridgehead atoms. The van der Waals surface area contributed by atoms with Crippen LogP contribution in [0.1, 0.15) is 49.5 Å². The number of amides is 1. The number of unbranched alkanes of at least 4 members (excludes halogenated alkanes) is 3. The fraction of sp³-hybridized carbons (Fsp3) is 0.444. The number of fused-ring (bicyclic) bond motifs is 1. The highest BCUT2D eigenvalue weighted by molar-refractivity contribution is 5.97. The summed E-state index contributed by atoms with van der Waals surface area (Å²) >= 11 is 0. The molecule has 1 aromatic carbocycles. The molecule has 6 heteroatoms. The summed E-state index contributed by atoms with van der Waals surface area (Å²) in [7, 11) is 0. The van der Waals surface area contributed by atoms with Gasteiger partial charge in [-0.05, 0) is 44.0 Å². The normalized spacial score (nSPS) is 10.8. The lowest BCUT2D eigenvalue weighted by molar-refractivity contribution is -0.143. The average molecular weight is 334 g/mol. The molecule has 130 valence electrons. The highest BCUT2D eigenvalue weighted by Gasteiger charge is 2.09. The Hall–Kier alpha value is -2.37. The van der Waals surface area contributed by atoms with Crippen LogP contribution < -0.4 is 5.32 Å². The van der Waals surface area contributed by atoms with Gasteiger partial charge in [0.2, 0.25) is 0 Å². The van der Waals surface area contributed by atoms with Crippen LogP contribution in [0.2, 0.25) is 0 Å². The van der Waals surface area contributed by atoms with E-state index in [2.05, 4.69) is 10.3 Å². The van der Waals surface area contributed by atoms with Crippen molar-refractivity contribution >= 4 is 22.8 Å². The van der Waals surface area contributed by atoms with E-state index in [4.69, 9.17) is 4.74 Å². The number of rotatable bonds is 9. The minimum atomic E-state index is -0.323. The minimum Gasteiger partial charge on any atom is -0.466 e. The molecule has 0 aliphatic heterocycles. The first kappa shape index (κ1) is 18.0. The van der Waals surface area contributed by atoms with Crippen LogP contribution in [0.4, 0.5) is 4.39 Å². The molecule has 2 rings (SSSR count). The fourth-order valence-corrected chi connectivity index (χ4v) is 2.50. The Labute approximate surface area is 140 Å². The van der Waals surface area contributed by atoms with Crippen LogP contribution in [0.3, 0.4) is 0 Å². The Morgan fingerprint density at radius 2 is 1.96 bits per heavy atom. The third kappa shape index (κ3) is 5.37. The zero-order valence-corrected chi connectivity index (χ0v) is 13.9. The van der Waals surface area contributed by atoms with Crippen molar-refractivity contribution < 1.29 is 18.7 Å². The topological polar surface area (TPSA) is 71.2 Å². The smallest absolute Gasteiger partial charge is 0.305 e. The third-order valence-corrected chi connectivity index (χ3v) is 3.73. The van der Waals surface area contributed by atoms with Gasteiger partial charge in [-0.2, -0.15) is 0 Å². The number of nitrogens with one attached hydrogen (secondary N) is 2. The number of hydrogen-bond acceptors (Lipinski definition) is 3. The highest BCUT2D eigenvalue weighted by atomic mass is 19.1. The fourth-order valence-electron chi connectivity index (χ4n) is 2.50. The number of carbonyl (C=O) groups excluding carboxylic acids is 2. The van der Waals surface area contributed by atoms with Gasteiger partial charge in [0.05, 0.1) is 6.61 Å². The van der Waals surface area contributed by atoms with Gasteiger partial charge >= 0.3 is 5.97 Å². The monoisotopic (exact) mass is 334 g/mol. The molecular weight excluding hydrogens is 311 g/mol. The van der Waals surface area contributed by atoms with Gasteiger partial charge in [-0.3, -0.25) is 9.59 Å². The molecule has 0 fully saturated rings. The molecule has 0 radical (unpaired) electrons. The second-order valence-corrected chi connectivity index (χ2v) is 5.64. The lowest BCUT2D eigenvalue weighted by Crippen LogP contribution is -2.24. The lowest BCUT2D eigenvalue weighted by Gasteiger charge is -2.04. The lowest BCUT2D eigenvalue weighted by atomic mass is 10.1. The maximum absolute atomic E-state index is 13.1. The quantitative estimate of drug-likeness (QED) is 0.544. The van der Waals surface area contributed by atoms with Crippen molar-refractivity contribution in [2.75, 3.05) is 13.2 Å². The molecule has 1 heterocycles. The molecule has 2 N–H and O–H groups in total. The molecule has 0 aliphatic rings. The van der Waals surface area contributed by atoms with Crippen LogP contribution in [0, 0.1) is 5.82 Å². The molecule has 1 amide bonds. The van der Waals surface area contributed by atoms with Gasteiger partial charge < -0.3 is 15.0 Å². The molecule has 0 saturated heterocycles. The van der Waals surface area contributed by atoms with E-state index in [1.54, 1.807) is 19.1 Å². The molecule has 0 spiro atoms. The number of hydrogen-bond donors (Lipinski definition) is 2. The van der Waals surface area contributed by atoms with Crippen molar-refractivity contribution in [2.45, 2.75) is 39.0 Å². The predicted octanol–water partition coefficient (Wildman–Crippen LogP) is 3.55. The molecular formula is C18H23FN2O3. The molecule has 24 heavy (non-hydrogen) atoms. The van der Waals surface area contributed by atoms with Crippen LogP contribution in [-0.2, 0) is 9.53 Å². The summed E-state index contributed by atoms with van der Waals surface area (Å²) < 4.78 is 18.0. The van der Waals surface area contributed by atoms with Gasteiger partial charge in [0, 0.05) is 23.9 Å². The predicted molar refractivity (Wildman–Crippen MR) is 90.3 cm³/mol. The summed E-state index contributed by atoms with van der Waals surface area (Å²) in [5.41, 5.74) is 1.17. The van der Waals surface area contributed by atoms with Crippen molar-refractivity contribution in [1.29, 1.82) is 0 Å². The molecule has 5 nitrogen and oxygen atoms in total. The average Bonchev–Trinajstić information content (AvgIpc) is 2.97. The number of H-pyrrole nitrogens is 1. The Bertz CT molecular complexity index is 697. The Balaban J connectivity index is 1.65.